The van der Waals surface area contributed by atoms with E-state index in [2.05, 4.69) is 9.97 Å². The summed E-state index contributed by atoms with van der Waals surface area (Å²) in [6.45, 7) is 1.94. The number of nitrogens with two attached hydrogens (primary N) is 1. The summed E-state index contributed by atoms with van der Waals surface area (Å²) < 4.78 is 0. The highest BCUT2D eigenvalue weighted by molar-refractivity contribution is 7.15. The molecule has 2 heterocycles. The molecule has 0 unspecified atom stereocenters. The smallest absolute Gasteiger partial charge is 0.138 e. The van der Waals surface area contributed by atoms with Gasteiger partial charge in [-0.05, 0) is 13.0 Å². The van der Waals surface area contributed by atoms with Gasteiger partial charge < -0.3 is 5.73 Å². The Morgan fingerprint density at radius 2 is 2.29 bits per heavy atom. The number of hydrogen-bond donors (Lipinski definition) is 1. The van der Waals surface area contributed by atoms with Crippen LogP contribution in [0.15, 0.2) is 18.5 Å². The number of rotatable bonds is 1. The molecule has 2 N–H and O–H groups in total. The molecule has 3 nitrogen and oxygen atoms in total. The lowest BCUT2D eigenvalue weighted by atomic mass is 10.3. The van der Waals surface area contributed by atoms with Crippen molar-refractivity contribution in [2.24, 2.45) is 0 Å². The quantitative estimate of drug-likeness (QED) is 0.812. The Balaban J connectivity index is 2.55. The van der Waals surface area contributed by atoms with Crippen LogP contribution in [0.5, 0.6) is 0 Å². The predicted octanol–water partition coefficient (Wildman–Crippen LogP) is 2.75. The maximum atomic E-state index is 5.98. The zero-order valence-electron chi connectivity index (χ0n) is 7.49. The number of nitrogen functional groups attached to an aromatic ring is 1. The van der Waals surface area contributed by atoms with Gasteiger partial charge in [-0.3, -0.25) is 4.98 Å². The second-order valence-electron chi connectivity index (χ2n) is 2.82. The summed E-state index contributed by atoms with van der Waals surface area (Å²) in [5.41, 5.74) is 6.55. The molecule has 0 aliphatic rings. The van der Waals surface area contributed by atoms with Crippen molar-refractivity contribution in [3.05, 3.63) is 28.4 Å². The maximum Gasteiger partial charge on any atom is 0.138 e. The molecule has 0 atom stereocenters. The average molecular weight is 226 g/mol. The van der Waals surface area contributed by atoms with Gasteiger partial charge in [0.2, 0.25) is 0 Å². The van der Waals surface area contributed by atoms with Crippen molar-refractivity contribution in [2.75, 3.05) is 5.73 Å². The van der Waals surface area contributed by atoms with Gasteiger partial charge >= 0.3 is 0 Å². The fraction of sp³-hybridized carbons (Fsp3) is 0.111. The third-order valence-corrected chi connectivity index (χ3v) is 3.16. The number of nitrogens with zero attached hydrogens (tertiary/aromatic N) is 2. The molecule has 0 aliphatic heterocycles. The van der Waals surface area contributed by atoms with Gasteiger partial charge in [-0.15, -0.1) is 11.3 Å². The van der Waals surface area contributed by atoms with E-state index in [1.807, 2.05) is 13.0 Å². The summed E-state index contributed by atoms with van der Waals surface area (Å²) in [6, 6.07) is 1.83. The molecular weight excluding hydrogens is 218 g/mol. The van der Waals surface area contributed by atoms with E-state index in [1.165, 1.54) is 11.3 Å². The van der Waals surface area contributed by atoms with Crippen LogP contribution in [-0.2, 0) is 0 Å². The molecule has 2 rings (SSSR count). The molecule has 0 saturated heterocycles. The van der Waals surface area contributed by atoms with Crippen LogP contribution in [0.4, 0.5) is 5.82 Å². The third kappa shape index (κ3) is 1.58. The monoisotopic (exact) mass is 225 g/mol. The topological polar surface area (TPSA) is 51.8 Å². The zero-order valence-corrected chi connectivity index (χ0v) is 9.06. The van der Waals surface area contributed by atoms with Gasteiger partial charge in [-0.25, -0.2) is 4.98 Å². The van der Waals surface area contributed by atoms with Crippen molar-refractivity contribution in [2.45, 2.75) is 6.92 Å². The Morgan fingerprint density at radius 1 is 1.50 bits per heavy atom. The second-order valence-corrected chi connectivity index (χ2v) is 4.43. The Bertz CT molecular complexity index is 447. The number of hydrogen-bond acceptors (Lipinski definition) is 4. The van der Waals surface area contributed by atoms with Crippen molar-refractivity contribution >= 4 is 28.8 Å². The van der Waals surface area contributed by atoms with Crippen LogP contribution in [0.3, 0.4) is 0 Å². The normalized spacial score (nSPS) is 10.4. The summed E-state index contributed by atoms with van der Waals surface area (Å²) in [6.07, 6.45) is 3.29. The average Bonchev–Trinajstić information content (AvgIpc) is 2.48. The first-order valence-electron chi connectivity index (χ1n) is 4.01. The van der Waals surface area contributed by atoms with Gasteiger partial charge in [0.15, 0.2) is 0 Å². The fourth-order valence-corrected chi connectivity index (χ4v) is 2.21. The molecule has 0 aromatic carbocycles. The number of pyridine rings is 1. The molecular formula is C9H8ClN3S. The summed E-state index contributed by atoms with van der Waals surface area (Å²) in [5.74, 6) is 0.567. The molecule has 0 saturated carbocycles. The number of aromatic nitrogens is 2. The van der Waals surface area contributed by atoms with Crippen molar-refractivity contribution in [3.63, 3.8) is 0 Å². The minimum atomic E-state index is 0.567. The van der Waals surface area contributed by atoms with E-state index >= 15 is 0 Å². The molecule has 72 valence electrons. The SMILES string of the molecule is Cc1sc(-c2ccncc2Cl)nc1N. The summed E-state index contributed by atoms with van der Waals surface area (Å²) >= 11 is 7.52. The van der Waals surface area contributed by atoms with Crippen LogP contribution in [0.2, 0.25) is 5.02 Å². The van der Waals surface area contributed by atoms with Gasteiger partial charge in [-0.1, -0.05) is 11.6 Å². The van der Waals surface area contributed by atoms with Gasteiger partial charge in [0, 0.05) is 22.8 Å². The lowest BCUT2D eigenvalue weighted by Crippen LogP contribution is -1.86. The Hall–Kier alpha value is -1.13. The number of aryl methyl sites for hydroxylation is 1. The second kappa shape index (κ2) is 3.55. The standard InChI is InChI=1S/C9H8ClN3S/c1-5-8(11)13-9(14-5)6-2-3-12-4-7(6)10/h2-4H,11H2,1H3. The molecule has 14 heavy (non-hydrogen) atoms. The first-order valence-corrected chi connectivity index (χ1v) is 5.20. The molecule has 0 bridgehead atoms. The predicted molar refractivity (Wildman–Crippen MR) is 59.5 cm³/mol. The van der Waals surface area contributed by atoms with E-state index in [1.54, 1.807) is 12.4 Å². The van der Waals surface area contributed by atoms with Crippen molar-refractivity contribution in [3.8, 4) is 10.6 Å². The van der Waals surface area contributed by atoms with Crippen LogP contribution < -0.4 is 5.73 Å². The van der Waals surface area contributed by atoms with Crippen LogP contribution in [0, 0.1) is 6.92 Å². The molecule has 0 fully saturated rings. The van der Waals surface area contributed by atoms with Crippen molar-refractivity contribution < 1.29 is 0 Å². The largest absolute Gasteiger partial charge is 0.383 e. The Labute approximate surface area is 90.6 Å². The van der Waals surface area contributed by atoms with Crippen LogP contribution in [0.1, 0.15) is 4.88 Å². The fourth-order valence-electron chi connectivity index (χ4n) is 1.07. The molecule has 2 aromatic heterocycles. The summed E-state index contributed by atoms with van der Waals surface area (Å²) in [4.78, 5) is 9.15. The maximum absolute atomic E-state index is 5.98. The summed E-state index contributed by atoms with van der Waals surface area (Å²) in [7, 11) is 0. The highest BCUT2D eigenvalue weighted by Gasteiger charge is 2.09. The van der Waals surface area contributed by atoms with E-state index in [0.717, 1.165) is 15.4 Å². The summed E-state index contributed by atoms with van der Waals surface area (Å²) in [5, 5.41) is 1.44. The lowest BCUT2D eigenvalue weighted by Gasteiger charge is -1.96. The molecule has 2 aromatic rings. The van der Waals surface area contributed by atoms with Gasteiger partial charge in [0.1, 0.15) is 10.8 Å². The molecule has 0 amide bonds. The number of anilines is 1. The number of halogens is 1. The van der Waals surface area contributed by atoms with Gasteiger partial charge in [-0.2, -0.15) is 0 Å². The Kier molecular flexibility index (Phi) is 2.39. The van der Waals surface area contributed by atoms with Crippen molar-refractivity contribution in [1.82, 2.24) is 9.97 Å². The highest BCUT2D eigenvalue weighted by atomic mass is 35.5. The zero-order chi connectivity index (χ0) is 10.1. The first-order chi connectivity index (χ1) is 6.68. The minimum absolute atomic E-state index is 0.567. The van der Waals surface area contributed by atoms with E-state index in [4.69, 9.17) is 17.3 Å². The lowest BCUT2D eigenvalue weighted by molar-refractivity contribution is 1.32. The third-order valence-electron chi connectivity index (χ3n) is 1.84. The van der Waals surface area contributed by atoms with E-state index in [9.17, 15) is 0 Å². The van der Waals surface area contributed by atoms with Crippen LogP contribution >= 0.6 is 22.9 Å². The highest BCUT2D eigenvalue weighted by Crippen LogP contribution is 2.32. The van der Waals surface area contributed by atoms with Gasteiger partial charge in [0.25, 0.3) is 0 Å². The molecule has 0 aliphatic carbocycles. The Morgan fingerprint density at radius 3 is 2.86 bits per heavy atom. The van der Waals surface area contributed by atoms with Crippen molar-refractivity contribution in [1.29, 1.82) is 0 Å². The molecule has 5 heteroatoms. The van der Waals surface area contributed by atoms with Crippen LogP contribution in [-0.4, -0.2) is 9.97 Å². The number of thiazole rings is 1. The first kappa shape index (κ1) is 9.43. The minimum Gasteiger partial charge on any atom is -0.383 e. The van der Waals surface area contributed by atoms with E-state index in [-0.39, 0.29) is 0 Å². The molecule has 0 radical (unpaired) electrons. The van der Waals surface area contributed by atoms with E-state index in [0.29, 0.717) is 10.8 Å². The van der Waals surface area contributed by atoms with Gasteiger partial charge in [0.05, 0.1) is 5.02 Å². The van der Waals surface area contributed by atoms with Crippen LogP contribution in [0.25, 0.3) is 10.6 Å². The molecule has 0 spiro atoms. The van der Waals surface area contributed by atoms with E-state index < -0.39 is 0 Å².